The molecule has 0 radical (unpaired) electrons. The van der Waals surface area contributed by atoms with Crippen LogP contribution in [0.15, 0.2) is 12.1 Å². The number of benzene rings is 1. The van der Waals surface area contributed by atoms with Crippen LogP contribution in [0.4, 0.5) is 8.78 Å². The van der Waals surface area contributed by atoms with Crippen molar-refractivity contribution in [3.63, 3.8) is 0 Å². The maximum absolute atomic E-state index is 13.3. The van der Waals surface area contributed by atoms with Crippen molar-refractivity contribution in [1.29, 1.82) is 0 Å². The zero-order chi connectivity index (χ0) is 10.6. The predicted octanol–water partition coefficient (Wildman–Crippen LogP) is 0.967. The summed E-state index contributed by atoms with van der Waals surface area (Å²) in [5, 5.41) is 0. The molecule has 0 saturated heterocycles. The second-order valence-corrected chi connectivity index (χ2v) is 3.12. The number of rotatable bonds is 4. The van der Waals surface area contributed by atoms with Crippen molar-refractivity contribution in [3.8, 4) is 0 Å². The van der Waals surface area contributed by atoms with Gasteiger partial charge in [-0.15, -0.1) is 0 Å². The van der Waals surface area contributed by atoms with E-state index in [1.807, 2.05) is 0 Å². The van der Waals surface area contributed by atoms with Crippen LogP contribution in [-0.2, 0) is 12.8 Å². The average Bonchev–Trinajstić information content (AvgIpc) is 2.12. The Balaban J connectivity index is 2.98. The first kappa shape index (κ1) is 11.1. The third-order valence-corrected chi connectivity index (χ3v) is 2.03. The highest BCUT2D eigenvalue weighted by atomic mass is 19.1. The molecule has 1 aromatic carbocycles. The Bertz CT molecular complexity index is 290. The molecule has 0 bridgehead atoms. The van der Waals surface area contributed by atoms with E-state index in [-0.39, 0.29) is 18.5 Å². The van der Waals surface area contributed by atoms with Gasteiger partial charge >= 0.3 is 0 Å². The van der Waals surface area contributed by atoms with E-state index < -0.39 is 11.6 Å². The van der Waals surface area contributed by atoms with Gasteiger partial charge in [0, 0.05) is 5.56 Å². The Morgan fingerprint density at radius 1 is 0.929 bits per heavy atom. The summed E-state index contributed by atoms with van der Waals surface area (Å²) in [5.41, 5.74) is 11.2. The summed E-state index contributed by atoms with van der Waals surface area (Å²) in [7, 11) is 0. The standard InChI is InChI=1S/C10H14F2N2/c11-9-5-7(1-3-13)6-10(12)8(9)2-4-14/h5-6H,1-4,13-14H2. The third kappa shape index (κ3) is 2.49. The third-order valence-electron chi connectivity index (χ3n) is 2.03. The maximum Gasteiger partial charge on any atom is 0.129 e. The van der Waals surface area contributed by atoms with Gasteiger partial charge in [-0.1, -0.05) is 0 Å². The van der Waals surface area contributed by atoms with Crippen LogP contribution in [0.25, 0.3) is 0 Å². The van der Waals surface area contributed by atoms with Crippen LogP contribution in [0.1, 0.15) is 11.1 Å². The summed E-state index contributed by atoms with van der Waals surface area (Å²) in [6, 6.07) is 2.64. The van der Waals surface area contributed by atoms with Crippen molar-refractivity contribution >= 4 is 0 Å². The van der Waals surface area contributed by atoms with Crippen molar-refractivity contribution in [2.24, 2.45) is 11.5 Å². The maximum atomic E-state index is 13.3. The van der Waals surface area contributed by atoms with Gasteiger partial charge in [-0.25, -0.2) is 8.78 Å². The molecule has 4 heteroatoms. The van der Waals surface area contributed by atoms with Gasteiger partial charge < -0.3 is 11.5 Å². The molecule has 1 aromatic rings. The number of hydrogen-bond donors (Lipinski definition) is 2. The summed E-state index contributed by atoms with van der Waals surface area (Å²) in [6.45, 7) is 0.624. The van der Waals surface area contributed by atoms with Gasteiger partial charge in [0.25, 0.3) is 0 Å². The largest absolute Gasteiger partial charge is 0.330 e. The number of hydrogen-bond acceptors (Lipinski definition) is 2. The van der Waals surface area contributed by atoms with Gasteiger partial charge in [0.2, 0.25) is 0 Å². The monoisotopic (exact) mass is 200 g/mol. The zero-order valence-corrected chi connectivity index (χ0v) is 7.89. The summed E-state index contributed by atoms with van der Waals surface area (Å²) in [5.74, 6) is -1.06. The van der Waals surface area contributed by atoms with E-state index in [4.69, 9.17) is 11.5 Å². The fourth-order valence-electron chi connectivity index (χ4n) is 1.35. The van der Waals surface area contributed by atoms with E-state index in [1.54, 1.807) is 0 Å². The highest BCUT2D eigenvalue weighted by molar-refractivity contribution is 5.26. The molecule has 78 valence electrons. The minimum absolute atomic E-state index is 0.0632. The molecule has 0 spiro atoms. The lowest BCUT2D eigenvalue weighted by Crippen LogP contribution is -2.09. The smallest absolute Gasteiger partial charge is 0.129 e. The van der Waals surface area contributed by atoms with Crippen LogP contribution in [0.5, 0.6) is 0 Å². The molecule has 0 heterocycles. The van der Waals surface area contributed by atoms with E-state index in [1.165, 1.54) is 12.1 Å². The first-order valence-corrected chi connectivity index (χ1v) is 4.56. The Morgan fingerprint density at radius 2 is 1.43 bits per heavy atom. The fourth-order valence-corrected chi connectivity index (χ4v) is 1.35. The minimum atomic E-state index is -0.529. The van der Waals surface area contributed by atoms with Crippen molar-refractivity contribution in [3.05, 3.63) is 34.9 Å². The van der Waals surface area contributed by atoms with Crippen LogP contribution >= 0.6 is 0 Å². The highest BCUT2D eigenvalue weighted by Crippen LogP contribution is 2.15. The summed E-state index contributed by atoms with van der Waals surface area (Å²) < 4.78 is 26.6. The molecule has 0 amide bonds. The Labute approximate surface area is 81.9 Å². The molecular weight excluding hydrogens is 186 g/mol. The molecule has 1 rings (SSSR count). The Kier molecular flexibility index (Phi) is 3.98. The van der Waals surface area contributed by atoms with Crippen LogP contribution in [-0.4, -0.2) is 13.1 Å². The van der Waals surface area contributed by atoms with E-state index in [2.05, 4.69) is 0 Å². The SMILES string of the molecule is NCCc1cc(F)c(CCN)c(F)c1. The molecule has 2 nitrogen and oxygen atoms in total. The van der Waals surface area contributed by atoms with E-state index >= 15 is 0 Å². The van der Waals surface area contributed by atoms with Gasteiger partial charge in [-0.2, -0.15) is 0 Å². The molecule has 0 aliphatic carbocycles. The number of halogens is 2. The second-order valence-electron chi connectivity index (χ2n) is 3.12. The lowest BCUT2D eigenvalue weighted by atomic mass is 10.1. The first-order chi connectivity index (χ1) is 6.69. The van der Waals surface area contributed by atoms with Gasteiger partial charge in [0.1, 0.15) is 11.6 Å². The Morgan fingerprint density at radius 3 is 1.86 bits per heavy atom. The summed E-state index contributed by atoms with van der Waals surface area (Å²) in [4.78, 5) is 0. The van der Waals surface area contributed by atoms with Gasteiger partial charge in [-0.3, -0.25) is 0 Å². The minimum Gasteiger partial charge on any atom is -0.330 e. The normalized spacial score (nSPS) is 10.6. The van der Waals surface area contributed by atoms with E-state index in [9.17, 15) is 8.78 Å². The summed E-state index contributed by atoms with van der Waals surface area (Å²) >= 11 is 0. The average molecular weight is 200 g/mol. The lowest BCUT2D eigenvalue weighted by Gasteiger charge is -2.06. The molecule has 4 N–H and O–H groups in total. The Hall–Kier alpha value is -1.00. The van der Waals surface area contributed by atoms with Gasteiger partial charge in [0.15, 0.2) is 0 Å². The topological polar surface area (TPSA) is 52.0 Å². The first-order valence-electron chi connectivity index (χ1n) is 4.56. The lowest BCUT2D eigenvalue weighted by molar-refractivity contribution is 0.552. The molecule has 14 heavy (non-hydrogen) atoms. The summed E-state index contributed by atoms with van der Waals surface area (Å²) in [6.07, 6.45) is 0.706. The van der Waals surface area contributed by atoms with Crippen LogP contribution in [0.2, 0.25) is 0 Å². The van der Waals surface area contributed by atoms with Gasteiger partial charge in [0.05, 0.1) is 0 Å². The predicted molar refractivity (Wildman–Crippen MR) is 51.9 cm³/mol. The zero-order valence-electron chi connectivity index (χ0n) is 7.89. The van der Waals surface area contributed by atoms with Crippen molar-refractivity contribution in [2.75, 3.05) is 13.1 Å². The molecule has 0 saturated carbocycles. The highest BCUT2D eigenvalue weighted by Gasteiger charge is 2.09. The van der Waals surface area contributed by atoms with Crippen LogP contribution in [0.3, 0.4) is 0 Å². The molecule has 0 aromatic heterocycles. The van der Waals surface area contributed by atoms with Crippen molar-refractivity contribution in [1.82, 2.24) is 0 Å². The van der Waals surface area contributed by atoms with E-state index in [0.29, 0.717) is 18.5 Å². The molecule has 0 aliphatic heterocycles. The quantitative estimate of drug-likeness (QED) is 0.760. The van der Waals surface area contributed by atoms with Crippen molar-refractivity contribution < 1.29 is 8.78 Å². The molecule has 0 unspecified atom stereocenters. The fraction of sp³-hybridized carbons (Fsp3) is 0.400. The van der Waals surface area contributed by atoms with Crippen molar-refractivity contribution in [2.45, 2.75) is 12.8 Å². The molecule has 0 fully saturated rings. The van der Waals surface area contributed by atoms with Crippen LogP contribution in [0, 0.1) is 11.6 Å². The molecular formula is C10H14F2N2. The molecule has 0 atom stereocenters. The molecule has 0 aliphatic rings. The number of nitrogens with two attached hydrogens (primary N) is 2. The van der Waals surface area contributed by atoms with E-state index in [0.717, 1.165) is 0 Å². The van der Waals surface area contributed by atoms with Crippen LogP contribution < -0.4 is 11.5 Å². The van der Waals surface area contributed by atoms with Gasteiger partial charge in [-0.05, 0) is 43.6 Å². The second kappa shape index (κ2) is 5.02.